The summed E-state index contributed by atoms with van der Waals surface area (Å²) in [6.45, 7) is 5.03. The quantitative estimate of drug-likeness (QED) is 0.739. The van der Waals surface area contributed by atoms with Crippen molar-refractivity contribution >= 4 is 37.5 Å². The summed E-state index contributed by atoms with van der Waals surface area (Å²) < 4.78 is 7.27. The molecule has 2 nitrogen and oxygen atoms in total. The smallest absolute Gasteiger partial charge is 0.135 e. The summed E-state index contributed by atoms with van der Waals surface area (Å²) >= 11 is 7.04. The molecular formula is C16H17Br2NO. The number of benzene rings is 2. The van der Waals surface area contributed by atoms with Gasteiger partial charge in [0.05, 0.1) is 17.3 Å². The van der Waals surface area contributed by atoms with E-state index in [-0.39, 0.29) is 0 Å². The zero-order chi connectivity index (χ0) is 14.7. The fraction of sp³-hybridized carbons (Fsp3) is 0.250. The Morgan fingerprint density at radius 1 is 1.05 bits per heavy atom. The minimum Gasteiger partial charge on any atom is -0.495 e. The van der Waals surface area contributed by atoms with E-state index in [1.165, 1.54) is 16.7 Å². The van der Waals surface area contributed by atoms with E-state index in [9.17, 15) is 0 Å². The monoisotopic (exact) mass is 397 g/mol. The molecule has 2 rings (SSSR count). The molecule has 0 aliphatic heterocycles. The van der Waals surface area contributed by atoms with Gasteiger partial charge in [0.1, 0.15) is 5.75 Å². The van der Waals surface area contributed by atoms with E-state index in [0.29, 0.717) is 0 Å². The lowest BCUT2D eigenvalue weighted by molar-refractivity contribution is 0.412. The zero-order valence-electron chi connectivity index (χ0n) is 11.8. The van der Waals surface area contributed by atoms with Gasteiger partial charge in [-0.2, -0.15) is 0 Å². The molecule has 4 heteroatoms. The van der Waals surface area contributed by atoms with Crippen molar-refractivity contribution in [2.45, 2.75) is 20.4 Å². The average molecular weight is 399 g/mol. The number of anilines is 1. The fourth-order valence-electron chi connectivity index (χ4n) is 2.00. The van der Waals surface area contributed by atoms with Gasteiger partial charge in [-0.3, -0.25) is 0 Å². The maximum atomic E-state index is 5.33. The normalized spacial score (nSPS) is 10.4. The molecule has 0 heterocycles. The third-order valence-electron chi connectivity index (χ3n) is 3.22. The third kappa shape index (κ3) is 3.55. The van der Waals surface area contributed by atoms with Gasteiger partial charge < -0.3 is 10.1 Å². The van der Waals surface area contributed by atoms with Crippen LogP contribution in [0.3, 0.4) is 0 Å². The highest BCUT2D eigenvalue weighted by atomic mass is 79.9. The highest BCUT2D eigenvalue weighted by Gasteiger charge is 2.07. The summed E-state index contributed by atoms with van der Waals surface area (Å²) in [6.07, 6.45) is 0. The van der Waals surface area contributed by atoms with Crippen LogP contribution in [0.1, 0.15) is 16.7 Å². The molecule has 0 radical (unpaired) electrons. The largest absolute Gasteiger partial charge is 0.495 e. The van der Waals surface area contributed by atoms with E-state index in [1.54, 1.807) is 7.11 Å². The lowest BCUT2D eigenvalue weighted by atomic mass is 10.1. The first-order valence-corrected chi connectivity index (χ1v) is 7.93. The van der Waals surface area contributed by atoms with Crippen LogP contribution in [0.15, 0.2) is 39.3 Å². The van der Waals surface area contributed by atoms with Crippen molar-refractivity contribution in [1.82, 2.24) is 0 Å². The van der Waals surface area contributed by atoms with Crippen LogP contribution in [0, 0.1) is 13.8 Å². The van der Waals surface area contributed by atoms with Crippen LogP contribution in [-0.2, 0) is 6.54 Å². The first kappa shape index (κ1) is 15.4. The molecule has 0 spiro atoms. The van der Waals surface area contributed by atoms with E-state index >= 15 is 0 Å². The number of nitrogens with one attached hydrogen (secondary N) is 1. The average Bonchev–Trinajstić information content (AvgIpc) is 2.41. The predicted octanol–water partition coefficient (Wildman–Crippen LogP) is 5.45. The summed E-state index contributed by atoms with van der Waals surface area (Å²) in [5.41, 5.74) is 4.90. The SMILES string of the molecule is COc1cc(NCc2cc(C)ccc2C)c(Br)cc1Br. The number of hydrogen-bond acceptors (Lipinski definition) is 2. The van der Waals surface area contributed by atoms with Crippen LogP contribution in [0.2, 0.25) is 0 Å². The van der Waals surface area contributed by atoms with Gasteiger partial charge >= 0.3 is 0 Å². The Balaban J connectivity index is 2.20. The second-order valence-electron chi connectivity index (χ2n) is 4.75. The molecule has 2 aromatic carbocycles. The summed E-state index contributed by atoms with van der Waals surface area (Å²) in [4.78, 5) is 0. The van der Waals surface area contributed by atoms with Crippen molar-refractivity contribution in [2.24, 2.45) is 0 Å². The Bertz CT molecular complexity index is 626. The molecule has 0 aliphatic carbocycles. The van der Waals surface area contributed by atoms with Gasteiger partial charge in [0.2, 0.25) is 0 Å². The first-order chi connectivity index (χ1) is 9.51. The maximum Gasteiger partial charge on any atom is 0.135 e. The molecule has 106 valence electrons. The number of methoxy groups -OCH3 is 1. The number of halogens is 2. The Hall–Kier alpha value is -1.000. The van der Waals surface area contributed by atoms with Gasteiger partial charge in [0, 0.05) is 17.1 Å². The third-order valence-corrected chi connectivity index (χ3v) is 4.49. The van der Waals surface area contributed by atoms with Crippen molar-refractivity contribution in [3.05, 3.63) is 56.0 Å². The van der Waals surface area contributed by atoms with Crippen molar-refractivity contribution in [2.75, 3.05) is 12.4 Å². The van der Waals surface area contributed by atoms with Crippen molar-refractivity contribution in [3.63, 3.8) is 0 Å². The molecule has 0 aromatic heterocycles. The molecule has 0 bridgehead atoms. The van der Waals surface area contributed by atoms with Gasteiger partial charge in [-0.1, -0.05) is 23.8 Å². The second-order valence-corrected chi connectivity index (χ2v) is 6.46. The van der Waals surface area contributed by atoms with Crippen LogP contribution < -0.4 is 10.1 Å². The summed E-state index contributed by atoms with van der Waals surface area (Å²) in [5, 5.41) is 3.45. The minimum atomic E-state index is 0.789. The molecule has 1 N–H and O–H groups in total. The highest BCUT2D eigenvalue weighted by Crippen LogP contribution is 2.34. The summed E-state index contributed by atoms with van der Waals surface area (Å²) in [6, 6.07) is 10.5. The Morgan fingerprint density at radius 3 is 2.50 bits per heavy atom. The Kier molecular flexibility index (Phi) is 5.11. The Morgan fingerprint density at radius 2 is 1.80 bits per heavy atom. The van der Waals surface area contributed by atoms with Gasteiger partial charge in [-0.15, -0.1) is 0 Å². The van der Waals surface area contributed by atoms with Crippen LogP contribution in [-0.4, -0.2) is 7.11 Å². The van der Waals surface area contributed by atoms with Crippen LogP contribution in [0.25, 0.3) is 0 Å². The zero-order valence-corrected chi connectivity index (χ0v) is 14.9. The molecule has 0 atom stereocenters. The predicted molar refractivity (Wildman–Crippen MR) is 91.6 cm³/mol. The number of ether oxygens (including phenoxy) is 1. The second kappa shape index (κ2) is 6.64. The Labute approximate surface area is 136 Å². The molecule has 0 unspecified atom stereocenters. The summed E-state index contributed by atoms with van der Waals surface area (Å²) in [7, 11) is 1.67. The molecule has 0 aliphatic rings. The van der Waals surface area contributed by atoms with Crippen molar-refractivity contribution < 1.29 is 4.74 Å². The number of hydrogen-bond donors (Lipinski definition) is 1. The molecule has 20 heavy (non-hydrogen) atoms. The molecule has 0 amide bonds. The molecule has 0 saturated heterocycles. The first-order valence-electron chi connectivity index (χ1n) is 6.34. The minimum absolute atomic E-state index is 0.789. The van der Waals surface area contributed by atoms with Gasteiger partial charge in [-0.25, -0.2) is 0 Å². The van der Waals surface area contributed by atoms with Crippen molar-refractivity contribution in [3.8, 4) is 5.75 Å². The van der Waals surface area contributed by atoms with Crippen LogP contribution >= 0.6 is 31.9 Å². The van der Waals surface area contributed by atoms with Crippen molar-refractivity contribution in [1.29, 1.82) is 0 Å². The van der Waals surface area contributed by atoms with E-state index in [1.807, 2.05) is 12.1 Å². The maximum absolute atomic E-state index is 5.33. The molecule has 0 fully saturated rings. The molecule has 0 saturated carbocycles. The summed E-state index contributed by atoms with van der Waals surface area (Å²) in [5.74, 6) is 0.816. The molecule has 2 aromatic rings. The fourth-order valence-corrected chi connectivity index (χ4v) is 3.30. The highest BCUT2D eigenvalue weighted by molar-refractivity contribution is 9.11. The van der Waals surface area contributed by atoms with Crippen LogP contribution in [0.4, 0.5) is 5.69 Å². The lowest BCUT2D eigenvalue weighted by Gasteiger charge is -2.13. The van der Waals surface area contributed by atoms with Gasteiger partial charge in [0.25, 0.3) is 0 Å². The van der Waals surface area contributed by atoms with Gasteiger partial charge in [0.15, 0.2) is 0 Å². The van der Waals surface area contributed by atoms with E-state index in [0.717, 1.165) is 26.9 Å². The molecular weight excluding hydrogens is 382 g/mol. The number of rotatable bonds is 4. The van der Waals surface area contributed by atoms with E-state index < -0.39 is 0 Å². The lowest BCUT2D eigenvalue weighted by Crippen LogP contribution is -2.03. The topological polar surface area (TPSA) is 21.3 Å². The van der Waals surface area contributed by atoms with Gasteiger partial charge in [-0.05, 0) is 62.9 Å². The van der Waals surface area contributed by atoms with E-state index in [4.69, 9.17) is 4.74 Å². The standard InChI is InChI=1S/C16H17Br2NO/c1-10-4-5-11(2)12(6-10)9-19-15-8-16(20-3)14(18)7-13(15)17/h4-8,19H,9H2,1-3H3. The number of aryl methyl sites for hydroxylation is 2. The van der Waals surface area contributed by atoms with Crippen LogP contribution in [0.5, 0.6) is 5.75 Å². The van der Waals surface area contributed by atoms with E-state index in [2.05, 4.69) is 69.2 Å².